The molecule has 0 amide bonds. The van der Waals surface area contributed by atoms with E-state index in [0.29, 0.717) is 25.4 Å². The number of nitrogens with two attached hydrogens (primary N) is 1. The maximum atomic E-state index is 11.7. The summed E-state index contributed by atoms with van der Waals surface area (Å²) >= 11 is 0. The molecule has 0 radical (unpaired) electrons. The molecule has 0 aliphatic carbocycles. The highest BCUT2D eigenvalue weighted by Crippen LogP contribution is 2.33. The molecule has 0 aromatic heterocycles. The molecule has 2 heterocycles. The monoisotopic (exact) mass is 290 g/mol. The highest BCUT2D eigenvalue weighted by molar-refractivity contribution is 7.91. The van der Waals surface area contributed by atoms with Gasteiger partial charge < -0.3 is 10.5 Å². The molecular formula is C13H26N2O3S. The molecule has 2 rings (SSSR count). The van der Waals surface area contributed by atoms with Gasteiger partial charge in [-0.3, -0.25) is 4.90 Å². The number of sulfone groups is 1. The van der Waals surface area contributed by atoms with Gasteiger partial charge in [0.1, 0.15) is 9.84 Å². The fraction of sp³-hybridized carbons (Fsp3) is 1.00. The fourth-order valence-corrected chi connectivity index (χ4v) is 4.88. The van der Waals surface area contributed by atoms with Crippen LogP contribution < -0.4 is 5.73 Å². The number of nitrogens with zero attached hydrogens (tertiary/aromatic N) is 1. The smallest absolute Gasteiger partial charge is 0.150 e. The summed E-state index contributed by atoms with van der Waals surface area (Å²) in [4.78, 5) is 2.44. The molecule has 0 aromatic carbocycles. The van der Waals surface area contributed by atoms with E-state index in [-0.39, 0.29) is 23.1 Å². The van der Waals surface area contributed by atoms with Crippen LogP contribution in [0, 0.1) is 0 Å². The third kappa shape index (κ3) is 3.12. The van der Waals surface area contributed by atoms with Crippen molar-refractivity contribution >= 4 is 9.84 Å². The Kier molecular flexibility index (Phi) is 4.55. The Labute approximate surface area is 116 Å². The lowest BCUT2D eigenvalue weighted by Gasteiger charge is -2.52. The third-order valence-corrected chi connectivity index (χ3v) is 6.34. The minimum Gasteiger partial charge on any atom is -0.376 e. The van der Waals surface area contributed by atoms with Crippen molar-refractivity contribution in [2.24, 2.45) is 5.73 Å². The highest BCUT2D eigenvalue weighted by Gasteiger charge is 2.45. The highest BCUT2D eigenvalue weighted by atomic mass is 32.2. The van der Waals surface area contributed by atoms with Gasteiger partial charge in [-0.25, -0.2) is 8.42 Å². The Balaban J connectivity index is 2.19. The van der Waals surface area contributed by atoms with Crippen LogP contribution in [0.2, 0.25) is 0 Å². The first-order chi connectivity index (χ1) is 8.92. The Hall–Kier alpha value is -0.170. The maximum Gasteiger partial charge on any atom is 0.150 e. The van der Waals surface area contributed by atoms with E-state index in [1.807, 2.05) is 0 Å². The lowest BCUT2D eigenvalue weighted by Crippen LogP contribution is -2.65. The van der Waals surface area contributed by atoms with Gasteiger partial charge in [0, 0.05) is 24.7 Å². The molecule has 6 heteroatoms. The van der Waals surface area contributed by atoms with Gasteiger partial charge in [0.25, 0.3) is 0 Å². The summed E-state index contributed by atoms with van der Waals surface area (Å²) < 4.78 is 29.1. The van der Waals surface area contributed by atoms with Crippen LogP contribution in [-0.2, 0) is 14.6 Å². The molecule has 2 atom stereocenters. The minimum atomic E-state index is -2.85. The second-order valence-corrected chi connectivity index (χ2v) is 8.24. The van der Waals surface area contributed by atoms with Gasteiger partial charge in [-0.05, 0) is 26.2 Å². The molecule has 19 heavy (non-hydrogen) atoms. The van der Waals surface area contributed by atoms with Crippen LogP contribution in [0.25, 0.3) is 0 Å². The summed E-state index contributed by atoms with van der Waals surface area (Å²) in [5, 5.41) is 0. The van der Waals surface area contributed by atoms with E-state index in [2.05, 4.69) is 18.7 Å². The van der Waals surface area contributed by atoms with Gasteiger partial charge in [-0.2, -0.15) is 0 Å². The molecule has 0 bridgehead atoms. The molecule has 0 spiro atoms. The molecule has 2 N–H and O–H groups in total. The van der Waals surface area contributed by atoms with Crippen LogP contribution in [0.5, 0.6) is 0 Å². The quantitative estimate of drug-likeness (QED) is 0.814. The van der Waals surface area contributed by atoms with E-state index in [1.165, 1.54) is 0 Å². The zero-order chi connectivity index (χ0) is 14.1. The molecule has 0 saturated carbocycles. The molecular weight excluding hydrogens is 264 g/mol. The van der Waals surface area contributed by atoms with E-state index in [9.17, 15) is 8.42 Å². The van der Waals surface area contributed by atoms with Crippen molar-refractivity contribution in [1.82, 2.24) is 4.90 Å². The van der Waals surface area contributed by atoms with Crippen molar-refractivity contribution in [2.75, 3.05) is 31.2 Å². The lowest BCUT2D eigenvalue weighted by molar-refractivity contribution is -0.101. The van der Waals surface area contributed by atoms with Crippen molar-refractivity contribution < 1.29 is 13.2 Å². The minimum absolute atomic E-state index is 0.149. The van der Waals surface area contributed by atoms with Gasteiger partial charge in [0.15, 0.2) is 0 Å². The van der Waals surface area contributed by atoms with E-state index >= 15 is 0 Å². The summed E-state index contributed by atoms with van der Waals surface area (Å²) in [6.07, 6.45) is 2.54. The van der Waals surface area contributed by atoms with Gasteiger partial charge in [-0.15, -0.1) is 0 Å². The SMILES string of the molecule is CCC1COC(C)CN1C1(CN)CCS(=O)(=O)CC1. The second-order valence-electron chi connectivity index (χ2n) is 5.94. The standard InChI is InChI=1S/C13H26N2O3S/c1-3-12-9-18-11(2)8-15(12)13(10-14)4-6-19(16,17)7-5-13/h11-12H,3-10,14H2,1-2H3. The van der Waals surface area contributed by atoms with Gasteiger partial charge in [0.05, 0.1) is 24.2 Å². The Morgan fingerprint density at radius 3 is 2.53 bits per heavy atom. The summed E-state index contributed by atoms with van der Waals surface area (Å²) in [6, 6.07) is 0.362. The number of hydrogen-bond donors (Lipinski definition) is 1. The third-order valence-electron chi connectivity index (χ3n) is 4.69. The molecule has 2 aliphatic heterocycles. The normalized spacial score (nSPS) is 35.1. The first-order valence-corrected chi connectivity index (χ1v) is 9.03. The topological polar surface area (TPSA) is 72.6 Å². The van der Waals surface area contributed by atoms with Crippen LogP contribution in [0.3, 0.4) is 0 Å². The summed E-state index contributed by atoms with van der Waals surface area (Å²) in [7, 11) is -2.85. The molecule has 112 valence electrons. The zero-order valence-corrected chi connectivity index (χ0v) is 12.8. The summed E-state index contributed by atoms with van der Waals surface area (Å²) in [5.74, 6) is 0.540. The van der Waals surface area contributed by atoms with Crippen molar-refractivity contribution in [3.05, 3.63) is 0 Å². The number of morpholine rings is 1. The van der Waals surface area contributed by atoms with Crippen molar-refractivity contribution in [3.8, 4) is 0 Å². The second kappa shape index (κ2) is 5.68. The van der Waals surface area contributed by atoms with Crippen LogP contribution in [0.15, 0.2) is 0 Å². The van der Waals surface area contributed by atoms with Crippen LogP contribution in [0.1, 0.15) is 33.1 Å². The molecule has 2 unspecified atom stereocenters. The van der Waals surface area contributed by atoms with Crippen LogP contribution in [-0.4, -0.2) is 62.2 Å². The van der Waals surface area contributed by atoms with Gasteiger partial charge >= 0.3 is 0 Å². The molecule has 2 aliphatic rings. The van der Waals surface area contributed by atoms with Gasteiger partial charge in [-0.1, -0.05) is 6.92 Å². The van der Waals surface area contributed by atoms with Crippen molar-refractivity contribution in [2.45, 2.75) is 50.8 Å². The van der Waals surface area contributed by atoms with Gasteiger partial charge in [0.2, 0.25) is 0 Å². The Morgan fingerprint density at radius 2 is 2.00 bits per heavy atom. The Bertz CT molecular complexity index is 396. The van der Waals surface area contributed by atoms with Crippen molar-refractivity contribution in [1.29, 1.82) is 0 Å². The number of ether oxygens (including phenoxy) is 1. The Morgan fingerprint density at radius 1 is 1.37 bits per heavy atom. The first kappa shape index (κ1) is 15.2. The fourth-order valence-electron chi connectivity index (χ4n) is 3.29. The predicted molar refractivity (Wildman–Crippen MR) is 75.9 cm³/mol. The first-order valence-electron chi connectivity index (χ1n) is 7.21. The predicted octanol–water partition coefficient (Wildman–Crippen LogP) is 0.392. The van der Waals surface area contributed by atoms with Crippen LogP contribution >= 0.6 is 0 Å². The van der Waals surface area contributed by atoms with E-state index in [0.717, 1.165) is 19.6 Å². The van der Waals surface area contributed by atoms with E-state index < -0.39 is 9.84 Å². The number of rotatable bonds is 3. The maximum absolute atomic E-state index is 11.7. The average molecular weight is 290 g/mol. The van der Waals surface area contributed by atoms with Crippen LogP contribution in [0.4, 0.5) is 0 Å². The molecule has 2 fully saturated rings. The van der Waals surface area contributed by atoms with E-state index in [4.69, 9.17) is 10.5 Å². The average Bonchev–Trinajstić information content (AvgIpc) is 2.39. The lowest BCUT2D eigenvalue weighted by atomic mass is 9.87. The summed E-state index contributed by atoms with van der Waals surface area (Å²) in [6.45, 7) is 6.34. The zero-order valence-electron chi connectivity index (χ0n) is 12.0. The summed E-state index contributed by atoms with van der Waals surface area (Å²) in [5.41, 5.74) is 5.89. The molecule has 0 aromatic rings. The largest absolute Gasteiger partial charge is 0.376 e. The molecule has 5 nitrogen and oxygen atoms in total. The molecule has 2 saturated heterocycles. The van der Waals surface area contributed by atoms with E-state index in [1.54, 1.807) is 0 Å². The van der Waals surface area contributed by atoms with Crippen molar-refractivity contribution in [3.63, 3.8) is 0 Å². The number of hydrogen-bond acceptors (Lipinski definition) is 5.